The van der Waals surface area contributed by atoms with E-state index in [9.17, 15) is 18.0 Å². The molecule has 0 saturated carbocycles. The van der Waals surface area contributed by atoms with E-state index < -0.39 is 11.7 Å². The summed E-state index contributed by atoms with van der Waals surface area (Å²) in [5.41, 5.74) is -0.399. The molecule has 0 aliphatic carbocycles. The molecule has 0 atom stereocenters. The van der Waals surface area contributed by atoms with E-state index in [-0.39, 0.29) is 11.7 Å². The molecule has 0 saturated heterocycles. The quantitative estimate of drug-likeness (QED) is 0.728. The molecular weight excluding hydrogens is 379 g/mol. The molecule has 0 fully saturated rings. The lowest BCUT2D eigenvalue weighted by molar-refractivity contribution is -0.137. The lowest BCUT2D eigenvalue weighted by Crippen LogP contribution is -2.14. The fraction of sp³-hybridized carbons (Fsp3) is 0.133. The number of benzene rings is 2. The van der Waals surface area contributed by atoms with Crippen molar-refractivity contribution in [3.05, 3.63) is 58.6 Å². The SMILES string of the molecule is O=C(CSc1ccc(Br)cc1)Nc1ccc(C(F)(F)F)cc1. The van der Waals surface area contributed by atoms with E-state index >= 15 is 0 Å². The van der Waals surface area contributed by atoms with Crippen LogP contribution in [-0.2, 0) is 11.0 Å². The van der Waals surface area contributed by atoms with Crippen LogP contribution in [0.5, 0.6) is 0 Å². The van der Waals surface area contributed by atoms with E-state index in [4.69, 9.17) is 0 Å². The second-order valence-electron chi connectivity index (χ2n) is 4.37. The van der Waals surface area contributed by atoms with Gasteiger partial charge in [-0.05, 0) is 48.5 Å². The molecule has 0 heterocycles. The highest BCUT2D eigenvalue weighted by molar-refractivity contribution is 9.10. The number of amides is 1. The largest absolute Gasteiger partial charge is 0.416 e. The first-order chi connectivity index (χ1) is 10.3. The molecule has 7 heteroatoms. The highest BCUT2D eigenvalue weighted by atomic mass is 79.9. The molecule has 0 aromatic heterocycles. The molecule has 0 unspecified atom stereocenters. The Morgan fingerprint density at radius 3 is 2.18 bits per heavy atom. The molecule has 1 amide bonds. The topological polar surface area (TPSA) is 29.1 Å². The zero-order chi connectivity index (χ0) is 16.2. The smallest absolute Gasteiger partial charge is 0.325 e. The van der Waals surface area contributed by atoms with Gasteiger partial charge in [-0.15, -0.1) is 11.8 Å². The van der Waals surface area contributed by atoms with E-state index in [1.54, 1.807) is 0 Å². The molecule has 1 N–H and O–H groups in total. The Hall–Kier alpha value is -1.47. The lowest BCUT2D eigenvalue weighted by atomic mass is 10.2. The van der Waals surface area contributed by atoms with E-state index in [1.807, 2.05) is 24.3 Å². The van der Waals surface area contributed by atoms with Crippen LogP contribution in [0.2, 0.25) is 0 Å². The van der Waals surface area contributed by atoms with Crippen molar-refractivity contribution in [3.8, 4) is 0 Å². The minimum atomic E-state index is -4.38. The van der Waals surface area contributed by atoms with Crippen LogP contribution in [0.3, 0.4) is 0 Å². The maximum atomic E-state index is 12.4. The Bertz CT molecular complexity index is 641. The van der Waals surface area contributed by atoms with Gasteiger partial charge in [-0.3, -0.25) is 4.79 Å². The monoisotopic (exact) mass is 389 g/mol. The van der Waals surface area contributed by atoms with E-state index in [1.165, 1.54) is 23.9 Å². The van der Waals surface area contributed by atoms with Gasteiger partial charge < -0.3 is 5.32 Å². The zero-order valence-corrected chi connectivity index (χ0v) is 13.6. The average Bonchev–Trinajstić information content (AvgIpc) is 2.46. The van der Waals surface area contributed by atoms with Crippen molar-refractivity contribution in [2.45, 2.75) is 11.1 Å². The molecule has 0 aliphatic rings. The Morgan fingerprint density at radius 1 is 1.05 bits per heavy atom. The van der Waals surface area contributed by atoms with Gasteiger partial charge in [0.05, 0.1) is 11.3 Å². The summed E-state index contributed by atoms with van der Waals surface area (Å²) in [5.74, 6) is -0.0875. The van der Waals surface area contributed by atoms with Crippen molar-refractivity contribution in [3.63, 3.8) is 0 Å². The number of carbonyl (C=O) groups is 1. The predicted molar refractivity (Wildman–Crippen MR) is 84.9 cm³/mol. The number of hydrogen-bond acceptors (Lipinski definition) is 2. The van der Waals surface area contributed by atoms with Gasteiger partial charge in [-0.1, -0.05) is 15.9 Å². The fourth-order valence-electron chi connectivity index (χ4n) is 1.62. The molecule has 2 aromatic rings. The number of thioether (sulfide) groups is 1. The fourth-order valence-corrected chi connectivity index (χ4v) is 2.58. The summed E-state index contributed by atoms with van der Waals surface area (Å²) in [6, 6.07) is 11.9. The van der Waals surface area contributed by atoms with Crippen molar-refractivity contribution in [2.24, 2.45) is 0 Å². The molecule has 0 bridgehead atoms. The van der Waals surface area contributed by atoms with Gasteiger partial charge in [0.15, 0.2) is 0 Å². The third-order valence-corrected chi connectivity index (χ3v) is 4.22. The van der Waals surface area contributed by atoms with Crippen LogP contribution in [0.15, 0.2) is 57.9 Å². The van der Waals surface area contributed by atoms with Gasteiger partial charge in [0.25, 0.3) is 0 Å². The Balaban J connectivity index is 1.88. The highest BCUT2D eigenvalue weighted by Crippen LogP contribution is 2.29. The van der Waals surface area contributed by atoms with Crippen LogP contribution in [0.25, 0.3) is 0 Å². The van der Waals surface area contributed by atoms with Crippen LogP contribution in [0.1, 0.15) is 5.56 Å². The summed E-state index contributed by atoms with van der Waals surface area (Å²) in [6.07, 6.45) is -4.38. The van der Waals surface area contributed by atoms with Crippen LogP contribution in [0, 0.1) is 0 Å². The second-order valence-corrected chi connectivity index (χ2v) is 6.33. The van der Waals surface area contributed by atoms with Gasteiger partial charge >= 0.3 is 6.18 Å². The minimum Gasteiger partial charge on any atom is -0.325 e. The van der Waals surface area contributed by atoms with Gasteiger partial charge in [0.2, 0.25) is 5.91 Å². The molecule has 0 aliphatic heterocycles. The lowest BCUT2D eigenvalue weighted by Gasteiger charge is -2.08. The number of nitrogens with one attached hydrogen (secondary N) is 1. The maximum Gasteiger partial charge on any atom is 0.416 e. The number of anilines is 1. The third kappa shape index (κ3) is 5.06. The molecule has 0 radical (unpaired) electrons. The number of rotatable bonds is 4. The van der Waals surface area contributed by atoms with Gasteiger partial charge in [0.1, 0.15) is 0 Å². The van der Waals surface area contributed by atoms with Crippen molar-refractivity contribution in [1.29, 1.82) is 0 Å². The Kier molecular flexibility index (Phi) is 5.52. The first-order valence-electron chi connectivity index (χ1n) is 6.20. The summed E-state index contributed by atoms with van der Waals surface area (Å²) in [5, 5.41) is 2.57. The van der Waals surface area contributed by atoms with Gasteiger partial charge in [-0.25, -0.2) is 0 Å². The number of carbonyl (C=O) groups excluding carboxylic acids is 1. The van der Waals surface area contributed by atoms with Crippen LogP contribution in [-0.4, -0.2) is 11.7 Å². The Morgan fingerprint density at radius 2 is 1.64 bits per heavy atom. The summed E-state index contributed by atoms with van der Waals surface area (Å²) in [7, 11) is 0. The zero-order valence-electron chi connectivity index (χ0n) is 11.2. The third-order valence-electron chi connectivity index (χ3n) is 2.68. The first kappa shape index (κ1) is 16.9. The molecule has 2 nitrogen and oxygen atoms in total. The van der Waals surface area contributed by atoms with Crippen LogP contribution < -0.4 is 5.32 Å². The highest BCUT2D eigenvalue weighted by Gasteiger charge is 2.29. The summed E-state index contributed by atoms with van der Waals surface area (Å²) in [6.45, 7) is 0. The first-order valence-corrected chi connectivity index (χ1v) is 7.98. The molecule has 116 valence electrons. The van der Waals surface area contributed by atoms with Crippen molar-refractivity contribution in [1.82, 2.24) is 0 Å². The number of hydrogen-bond donors (Lipinski definition) is 1. The van der Waals surface area contributed by atoms with Crippen molar-refractivity contribution >= 4 is 39.3 Å². The Labute approximate surface area is 138 Å². The molecule has 0 spiro atoms. The van der Waals surface area contributed by atoms with E-state index in [2.05, 4.69) is 21.2 Å². The average molecular weight is 390 g/mol. The van der Waals surface area contributed by atoms with Gasteiger partial charge in [0, 0.05) is 15.1 Å². The molecule has 2 rings (SSSR count). The summed E-state index contributed by atoms with van der Waals surface area (Å²) < 4.78 is 38.2. The maximum absolute atomic E-state index is 12.4. The van der Waals surface area contributed by atoms with Crippen molar-refractivity contribution < 1.29 is 18.0 Å². The summed E-state index contributed by atoms with van der Waals surface area (Å²) >= 11 is 4.67. The second kappa shape index (κ2) is 7.19. The minimum absolute atomic E-state index is 0.183. The summed E-state index contributed by atoms with van der Waals surface area (Å²) in [4.78, 5) is 12.7. The normalized spacial score (nSPS) is 11.3. The standard InChI is InChI=1S/C15H11BrF3NOS/c16-11-3-7-13(8-4-11)22-9-14(21)20-12-5-1-10(2-6-12)15(17,18)19/h1-8H,9H2,(H,20,21). The van der Waals surface area contributed by atoms with Crippen LogP contribution >= 0.6 is 27.7 Å². The molecule has 2 aromatic carbocycles. The predicted octanol–water partition coefficient (Wildman–Crippen LogP) is 5.20. The number of alkyl halides is 3. The molecular formula is C15H11BrF3NOS. The van der Waals surface area contributed by atoms with Crippen LogP contribution in [0.4, 0.5) is 18.9 Å². The van der Waals surface area contributed by atoms with Gasteiger partial charge in [-0.2, -0.15) is 13.2 Å². The van der Waals surface area contributed by atoms with E-state index in [0.717, 1.165) is 21.5 Å². The van der Waals surface area contributed by atoms with E-state index in [0.29, 0.717) is 5.69 Å². The molecule has 22 heavy (non-hydrogen) atoms. The van der Waals surface area contributed by atoms with Crippen molar-refractivity contribution in [2.75, 3.05) is 11.1 Å². The number of halogens is 4.